The Bertz CT molecular complexity index is 371. The Morgan fingerprint density at radius 3 is 2.26 bits per heavy atom. The van der Waals surface area contributed by atoms with E-state index in [2.05, 4.69) is 0 Å². The van der Waals surface area contributed by atoms with Crippen molar-refractivity contribution in [3.8, 4) is 0 Å². The molecule has 0 aliphatic carbocycles. The lowest BCUT2D eigenvalue weighted by Gasteiger charge is -2.34. The number of carbonyl (C=O) groups excluding carboxylic acids is 1. The molecule has 1 aliphatic rings. The minimum atomic E-state index is -1.15. The van der Waals surface area contributed by atoms with Gasteiger partial charge < -0.3 is 15.1 Å². The molecule has 1 fully saturated rings. The van der Waals surface area contributed by atoms with Crippen LogP contribution in [0.15, 0.2) is 0 Å². The van der Waals surface area contributed by atoms with Crippen molar-refractivity contribution in [1.82, 2.24) is 4.90 Å². The van der Waals surface area contributed by atoms with E-state index in [1.54, 1.807) is 0 Å². The second-order valence-electron chi connectivity index (χ2n) is 4.88. The molecule has 1 heterocycles. The first-order chi connectivity index (χ1) is 8.82. The van der Waals surface area contributed by atoms with E-state index in [4.69, 9.17) is 10.2 Å². The number of carboxylic acid groups (broad SMARTS) is 2. The normalized spacial score (nSPS) is 23.4. The maximum atomic E-state index is 11.9. The van der Waals surface area contributed by atoms with Crippen molar-refractivity contribution in [2.75, 3.05) is 18.8 Å². The Morgan fingerprint density at radius 1 is 1.21 bits per heavy atom. The van der Waals surface area contributed by atoms with Crippen LogP contribution in [-0.4, -0.2) is 57.1 Å². The van der Waals surface area contributed by atoms with Crippen LogP contribution in [0.2, 0.25) is 0 Å². The summed E-state index contributed by atoms with van der Waals surface area (Å²) in [6.45, 7) is 4.27. The predicted molar refractivity (Wildman–Crippen MR) is 71.0 cm³/mol. The third-order valence-corrected chi connectivity index (χ3v) is 4.22. The highest BCUT2D eigenvalue weighted by molar-refractivity contribution is 8.00. The largest absolute Gasteiger partial charge is 0.481 e. The van der Waals surface area contributed by atoms with E-state index in [0.717, 1.165) is 0 Å². The van der Waals surface area contributed by atoms with Crippen LogP contribution in [0, 0.1) is 11.8 Å². The zero-order valence-corrected chi connectivity index (χ0v) is 11.9. The van der Waals surface area contributed by atoms with Crippen molar-refractivity contribution in [2.45, 2.75) is 25.5 Å². The summed E-state index contributed by atoms with van der Waals surface area (Å²) < 4.78 is 0. The van der Waals surface area contributed by atoms with Gasteiger partial charge in [-0.1, -0.05) is 13.8 Å². The van der Waals surface area contributed by atoms with Gasteiger partial charge in [-0.05, 0) is 11.7 Å². The molecule has 0 saturated carbocycles. The topological polar surface area (TPSA) is 94.9 Å². The molecule has 0 aromatic rings. The Morgan fingerprint density at radius 2 is 1.79 bits per heavy atom. The van der Waals surface area contributed by atoms with Crippen molar-refractivity contribution in [3.05, 3.63) is 0 Å². The van der Waals surface area contributed by atoms with Gasteiger partial charge >= 0.3 is 11.9 Å². The maximum absolute atomic E-state index is 11.9. The molecule has 1 aliphatic heterocycles. The van der Waals surface area contributed by atoms with Crippen molar-refractivity contribution < 1.29 is 24.6 Å². The number of aliphatic carboxylic acids is 2. The fourth-order valence-electron chi connectivity index (χ4n) is 2.05. The van der Waals surface area contributed by atoms with E-state index in [1.165, 1.54) is 16.7 Å². The molecular formula is C12H19NO5S. The molecule has 19 heavy (non-hydrogen) atoms. The van der Waals surface area contributed by atoms with Crippen LogP contribution in [0.1, 0.15) is 20.3 Å². The smallest absolute Gasteiger partial charge is 0.309 e. The van der Waals surface area contributed by atoms with Gasteiger partial charge in [0.05, 0.1) is 17.6 Å². The minimum Gasteiger partial charge on any atom is -0.481 e. The molecule has 7 heteroatoms. The number of hydrogen-bond donors (Lipinski definition) is 2. The summed E-state index contributed by atoms with van der Waals surface area (Å²) in [4.78, 5) is 35.5. The van der Waals surface area contributed by atoms with Gasteiger partial charge in [0, 0.05) is 13.1 Å². The van der Waals surface area contributed by atoms with Gasteiger partial charge in [-0.2, -0.15) is 0 Å². The lowest BCUT2D eigenvalue weighted by molar-refractivity contribution is -0.158. The van der Waals surface area contributed by atoms with Crippen molar-refractivity contribution in [1.29, 1.82) is 0 Å². The SMILES string of the molecule is CC(C)SCC(=O)N1CCC(C(=O)O)C(C(=O)O)C1. The van der Waals surface area contributed by atoms with Gasteiger partial charge in [-0.25, -0.2) is 0 Å². The molecule has 1 rings (SSSR count). The Kier molecular flexibility index (Phi) is 5.65. The Balaban J connectivity index is 2.63. The van der Waals surface area contributed by atoms with Crippen LogP contribution in [0.25, 0.3) is 0 Å². The zero-order valence-electron chi connectivity index (χ0n) is 11.0. The maximum Gasteiger partial charge on any atom is 0.309 e. The molecule has 108 valence electrons. The second-order valence-corrected chi connectivity index (χ2v) is 6.44. The number of rotatable bonds is 5. The highest BCUT2D eigenvalue weighted by atomic mass is 32.2. The quantitative estimate of drug-likeness (QED) is 0.776. The van der Waals surface area contributed by atoms with Gasteiger partial charge in [0.1, 0.15) is 0 Å². The summed E-state index contributed by atoms with van der Waals surface area (Å²) in [6.07, 6.45) is 0.199. The summed E-state index contributed by atoms with van der Waals surface area (Å²) >= 11 is 1.49. The van der Waals surface area contributed by atoms with E-state index in [1.807, 2.05) is 13.8 Å². The number of thioether (sulfide) groups is 1. The molecule has 0 spiro atoms. The lowest BCUT2D eigenvalue weighted by Crippen LogP contribution is -2.49. The van der Waals surface area contributed by atoms with Crippen molar-refractivity contribution >= 4 is 29.6 Å². The highest BCUT2D eigenvalue weighted by Crippen LogP contribution is 2.25. The molecule has 1 amide bonds. The Labute approximate surface area is 116 Å². The molecular weight excluding hydrogens is 270 g/mol. The lowest BCUT2D eigenvalue weighted by atomic mass is 9.85. The molecule has 2 unspecified atom stereocenters. The van der Waals surface area contributed by atoms with Gasteiger partial charge in [-0.15, -0.1) is 11.8 Å². The van der Waals surface area contributed by atoms with Crippen molar-refractivity contribution in [2.24, 2.45) is 11.8 Å². The minimum absolute atomic E-state index is 0.0101. The molecule has 6 nitrogen and oxygen atoms in total. The summed E-state index contributed by atoms with van der Waals surface area (Å²) in [7, 11) is 0. The van der Waals surface area contributed by atoms with Crippen LogP contribution in [0.5, 0.6) is 0 Å². The van der Waals surface area contributed by atoms with Gasteiger partial charge in [-0.3, -0.25) is 14.4 Å². The fourth-order valence-corrected chi connectivity index (χ4v) is 2.71. The van der Waals surface area contributed by atoms with Gasteiger partial charge in [0.15, 0.2) is 0 Å². The van der Waals surface area contributed by atoms with Gasteiger partial charge in [0.2, 0.25) is 5.91 Å². The number of likely N-dealkylation sites (tertiary alicyclic amines) is 1. The first-order valence-electron chi connectivity index (χ1n) is 6.18. The summed E-state index contributed by atoms with van der Waals surface area (Å²) in [5, 5.41) is 18.4. The third kappa shape index (κ3) is 4.41. The average Bonchev–Trinajstić information content (AvgIpc) is 2.34. The molecule has 2 atom stereocenters. The van der Waals surface area contributed by atoms with Crippen LogP contribution < -0.4 is 0 Å². The number of piperidine rings is 1. The molecule has 1 saturated heterocycles. The molecule has 0 radical (unpaired) electrons. The highest BCUT2D eigenvalue weighted by Gasteiger charge is 2.39. The summed E-state index contributed by atoms with van der Waals surface area (Å²) in [5.74, 6) is -3.98. The summed E-state index contributed by atoms with van der Waals surface area (Å²) in [6, 6.07) is 0. The number of carboxylic acids is 2. The average molecular weight is 289 g/mol. The molecule has 2 N–H and O–H groups in total. The third-order valence-electron chi connectivity index (χ3n) is 3.14. The monoisotopic (exact) mass is 289 g/mol. The van der Waals surface area contributed by atoms with Crippen LogP contribution in [-0.2, 0) is 14.4 Å². The first-order valence-corrected chi connectivity index (χ1v) is 7.22. The van der Waals surface area contributed by atoms with Gasteiger partial charge in [0.25, 0.3) is 0 Å². The zero-order chi connectivity index (χ0) is 14.6. The predicted octanol–water partition coefficient (Wildman–Crippen LogP) is 0.762. The van der Waals surface area contributed by atoms with Crippen LogP contribution in [0.3, 0.4) is 0 Å². The Hall–Kier alpha value is -1.24. The van der Waals surface area contributed by atoms with Crippen LogP contribution in [0.4, 0.5) is 0 Å². The van der Waals surface area contributed by atoms with E-state index in [0.29, 0.717) is 17.5 Å². The number of amides is 1. The van der Waals surface area contributed by atoms with E-state index in [9.17, 15) is 14.4 Å². The van der Waals surface area contributed by atoms with E-state index < -0.39 is 23.8 Å². The molecule has 0 aromatic heterocycles. The van der Waals surface area contributed by atoms with E-state index >= 15 is 0 Å². The summed E-state index contributed by atoms with van der Waals surface area (Å²) in [5.41, 5.74) is 0. The molecule has 0 bridgehead atoms. The van der Waals surface area contributed by atoms with E-state index in [-0.39, 0.29) is 18.9 Å². The fraction of sp³-hybridized carbons (Fsp3) is 0.750. The number of carbonyl (C=O) groups is 3. The van der Waals surface area contributed by atoms with Crippen molar-refractivity contribution in [3.63, 3.8) is 0 Å². The number of hydrogen-bond acceptors (Lipinski definition) is 4. The first kappa shape index (κ1) is 15.8. The standard InChI is InChI=1S/C12H19NO5S/c1-7(2)19-6-10(14)13-4-3-8(11(15)16)9(5-13)12(17)18/h7-9H,3-6H2,1-2H3,(H,15,16)(H,17,18). The number of nitrogens with zero attached hydrogens (tertiary/aromatic N) is 1. The second kappa shape index (κ2) is 6.79. The van der Waals surface area contributed by atoms with Crippen LogP contribution >= 0.6 is 11.8 Å². The molecule has 0 aromatic carbocycles.